The highest BCUT2D eigenvalue weighted by Gasteiger charge is 2.15. The Morgan fingerprint density at radius 2 is 2.19 bits per heavy atom. The van der Waals surface area contributed by atoms with Crippen molar-refractivity contribution in [1.82, 2.24) is 0 Å². The molecule has 1 N–H and O–H groups in total. The van der Waals surface area contributed by atoms with Gasteiger partial charge in [-0.1, -0.05) is 11.6 Å². The lowest BCUT2D eigenvalue weighted by Gasteiger charge is -1.98. The van der Waals surface area contributed by atoms with E-state index < -0.39 is 22.4 Å². The van der Waals surface area contributed by atoms with Gasteiger partial charge in [-0.05, 0) is 18.2 Å². The van der Waals surface area contributed by atoms with E-state index >= 15 is 0 Å². The van der Waals surface area contributed by atoms with E-state index in [2.05, 4.69) is 0 Å². The molecule has 84 valence electrons. The maximum Gasteiger partial charge on any atom is 0.364 e. The first-order chi connectivity index (χ1) is 7.41. The van der Waals surface area contributed by atoms with E-state index in [4.69, 9.17) is 16.7 Å². The summed E-state index contributed by atoms with van der Waals surface area (Å²) in [5.41, 5.74) is -0.613. The zero-order valence-corrected chi connectivity index (χ0v) is 8.44. The molecule has 0 spiro atoms. The lowest BCUT2D eigenvalue weighted by molar-refractivity contribution is -0.385. The molecule has 0 heterocycles. The molecule has 0 aliphatic heterocycles. The van der Waals surface area contributed by atoms with E-state index in [1.165, 1.54) is 6.07 Å². The smallest absolute Gasteiger partial charge is 0.364 e. The number of carboxylic acids is 1. The van der Waals surface area contributed by atoms with Crippen LogP contribution in [0.25, 0.3) is 6.08 Å². The Bertz CT molecular complexity index is 486. The van der Waals surface area contributed by atoms with Crippen LogP contribution in [0.15, 0.2) is 24.0 Å². The van der Waals surface area contributed by atoms with Crippen LogP contribution in [0.2, 0.25) is 5.02 Å². The number of halogens is 2. The van der Waals surface area contributed by atoms with Gasteiger partial charge < -0.3 is 5.11 Å². The SMILES string of the molecule is O=C(O)/C(F)=C/c1cc(Cl)ccc1[N+](=O)[O-]. The molecular weight excluding hydrogens is 241 g/mol. The quantitative estimate of drug-likeness (QED) is 0.504. The molecule has 16 heavy (non-hydrogen) atoms. The van der Waals surface area contributed by atoms with Crippen molar-refractivity contribution in [3.8, 4) is 0 Å². The molecule has 5 nitrogen and oxygen atoms in total. The summed E-state index contributed by atoms with van der Waals surface area (Å²) in [4.78, 5) is 20.0. The Morgan fingerprint density at radius 1 is 1.56 bits per heavy atom. The van der Waals surface area contributed by atoms with E-state index in [0.717, 1.165) is 12.1 Å². The summed E-state index contributed by atoms with van der Waals surface area (Å²) in [5, 5.41) is 19.0. The fourth-order valence-electron chi connectivity index (χ4n) is 1.01. The van der Waals surface area contributed by atoms with Gasteiger partial charge in [0.25, 0.3) is 5.69 Å². The standard InChI is InChI=1S/C9H5ClFNO4/c10-6-1-2-8(12(15)16)5(3-6)4-7(11)9(13)14/h1-4H,(H,13,14)/b7-4-. The van der Waals surface area contributed by atoms with E-state index in [-0.39, 0.29) is 10.6 Å². The van der Waals surface area contributed by atoms with Gasteiger partial charge in [0, 0.05) is 11.1 Å². The summed E-state index contributed by atoms with van der Waals surface area (Å²) in [6.45, 7) is 0. The number of nitro groups is 1. The van der Waals surface area contributed by atoms with E-state index in [9.17, 15) is 19.3 Å². The van der Waals surface area contributed by atoms with Crippen molar-refractivity contribution >= 4 is 29.3 Å². The lowest BCUT2D eigenvalue weighted by atomic mass is 10.1. The van der Waals surface area contributed by atoms with Gasteiger partial charge in [-0.3, -0.25) is 10.1 Å². The minimum atomic E-state index is -1.80. The second-order valence-electron chi connectivity index (χ2n) is 2.76. The Kier molecular flexibility index (Phi) is 3.57. The summed E-state index contributed by atoms with van der Waals surface area (Å²) < 4.78 is 12.8. The Morgan fingerprint density at radius 3 is 2.69 bits per heavy atom. The van der Waals surface area contributed by atoms with Gasteiger partial charge in [-0.15, -0.1) is 0 Å². The summed E-state index contributed by atoms with van der Waals surface area (Å²) in [6, 6.07) is 3.45. The van der Waals surface area contributed by atoms with Crippen molar-refractivity contribution in [1.29, 1.82) is 0 Å². The maximum absolute atomic E-state index is 12.8. The number of rotatable bonds is 3. The molecule has 0 saturated heterocycles. The topological polar surface area (TPSA) is 80.4 Å². The Balaban J connectivity index is 3.31. The first kappa shape index (κ1) is 12.1. The predicted octanol–water partition coefficient (Wildman–Crippen LogP) is 2.64. The van der Waals surface area contributed by atoms with Crippen molar-refractivity contribution in [2.45, 2.75) is 0 Å². The highest BCUT2D eigenvalue weighted by atomic mass is 35.5. The van der Waals surface area contributed by atoms with Crippen LogP contribution in [0, 0.1) is 10.1 Å². The zero-order valence-electron chi connectivity index (χ0n) is 7.68. The molecule has 1 rings (SSSR count). The van der Waals surface area contributed by atoms with Crippen LogP contribution in [-0.2, 0) is 4.79 Å². The van der Waals surface area contributed by atoms with Gasteiger partial charge in [-0.2, -0.15) is 4.39 Å². The lowest BCUT2D eigenvalue weighted by Crippen LogP contribution is -1.96. The first-order valence-electron chi connectivity index (χ1n) is 3.96. The number of carbonyl (C=O) groups is 1. The summed E-state index contributed by atoms with van der Waals surface area (Å²) in [7, 11) is 0. The maximum atomic E-state index is 12.8. The molecule has 0 radical (unpaired) electrons. The van der Waals surface area contributed by atoms with Gasteiger partial charge in [0.05, 0.1) is 10.5 Å². The molecule has 7 heteroatoms. The fraction of sp³-hybridized carbons (Fsp3) is 0. The molecule has 0 aliphatic rings. The van der Waals surface area contributed by atoms with Gasteiger partial charge >= 0.3 is 5.97 Å². The molecule has 1 aromatic rings. The van der Waals surface area contributed by atoms with Crippen molar-refractivity contribution in [2.75, 3.05) is 0 Å². The molecule has 0 bridgehead atoms. The zero-order chi connectivity index (χ0) is 12.3. The second-order valence-corrected chi connectivity index (χ2v) is 3.19. The normalized spacial score (nSPS) is 11.2. The minimum absolute atomic E-state index is 0.148. The van der Waals surface area contributed by atoms with Crippen LogP contribution in [-0.4, -0.2) is 16.0 Å². The molecule has 0 aliphatic carbocycles. The van der Waals surface area contributed by atoms with Gasteiger partial charge in [0.2, 0.25) is 5.83 Å². The van der Waals surface area contributed by atoms with Crippen molar-refractivity contribution in [3.05, 3.63) is 44.7 Å². The number of nitro benzene ring substituents is 1. The number of carboxylic acid groups (broad SMARTS) is 1. The molecule has 0 atom stereocenters. The first-order valence-corrected chi connectivity index (χ1v) is 4.34. The largest absolute Gasteiger partial charge is 0.476 e. The molecular formula is C9H5ClFNO4. The van der Waals surface area contributed by atoms with Gasteiger partial charge in [0.1, 0.15) is 0 Å². The fourth-order valence-corrected chi connectivity index (χ4v) is 1.19. The minimum Gasteiger partial charge on any atom is -0.476 e. The Hall–Kier alpha value is -1.95. The average Bonchev–Trinajstić information content (AvgIpc) is 2.16. The molecule has 0 amide bonds. The van der Waals surface area contributed by atoms with Crippen LogP contribution >= 0.6 is 11.6 Å². The van der Waals surface area contributed by atoms with Crippen molar-refractivity contribution in [2.24, 2.45) is 0 Å². The number of benzene rings is 1. The third-order valence-electron chi connectivity index (χ3n) is 1.67. The van der Waals surface area contributed by atoms with E-state index in [1.54, 1.807) is 0 Å². The van der Waals surface area contributed by atoms with Gasteiger partial charge in [0.15, 0.2) is 0 Å². The van der Waals surface area contributed by atoms with Crippen molar-refractivity contribution in [3.63, 3.8) is 0 Å². The number of hydrogen-bond donors (Lipinski definition) is 1. The second kappa shape index (κ2) is 4.71. The third kappa shape index (κ3) is 2.77. The summed E-state index contributed by atoms with van der Waals surface area (Å²) in [5.74, 6) is -3.29. The molecule has 0 fully saturated rings. The summed E-state index contributed by atoms with van der Waals surface area (Å²) >= 11 is 5.56. The highest BCUT2D eigenvalue weighted by Crippen LogP contribution is 2.25. The Labute approximate surface area is 93.9 Å². The molecule has 0 saturated carbocycles. The van der Waals surface area contributed by atoms with Crippen LogP contribution < -0.4 is 0 Å². The highest BCUT2D eigenvalue weighted by molar-refractivity contribution is 6.30. The van der Waals surface area contributed by atoms with Crippen LogP contribution in [0.5, 0.6) is 0 Å². The van der Waals surface area contributed by atoms with E-state index in [0.29, 0.717) is 6.08 Å². The van der Waals surface area contributed by atoms with Crippen LogP contribution in [0.1, 0.15) is 5.56 Å². The predicted molar refractivity (Wildman–Crippen MR) is 54.8 cm³/mol. The number of aliphatic carboxylic acids is 1. The summed E-state index contributed by atoms with van der Waals surface area (Å²) in [6.07, 6.45) is 0.548. The molecule has 1 aromatic carbocycles. The van der Waals surface area contributed by atoms with Crippen LogP contribution in [0.3, 0.4) is 0 Å². The van der Waals surface area contributed by atoms with E-state index in [1.807, 2.05) is 0 Å². The van der Waals surface area contributed by atoms with Crippen LogP contribution in [0.4, 0.5) is 10.1 Å². The molecule has 0 aromatic heterocycles. The number of hydrogen-bond acceptors (Lipinski definition) is 3. The van der Waals surface area contributed by atoms with Gasteiger partial charge in [-0.25, -0.2) is 4.79 Å². The average molecular weight is 246 g/mol. The monoisotopic (exact) mass is 245 g/mol. The number of nitrogens with zero attached hydrogens (tertiary/aromatic N) is 1. The van der Waals surface area contributed by atoms with Crippen molar-refractivity contribution < 1.29 is 19.2 Å². The molecule has 0 unspecified atom stereocenters. The third-order valence-corrected chi connectivity index (χ3v) is 1.91.